The number of nitrogens with zero attached hydrogens (tertiary/aromatic N) is 3. The van der Waals surface area contributed by atoms with Gasteiger partial charge in [-0.15, -0.1) is 0 Å². The van der Waals surface area contributed by atoms with Crippen molar-refractivity contribution in [3.63, 3.8) is 0 Å². The molecule has 1 aromatic carbocycles. The first-order chi connectivity index (χ1) is 12.0. The second-order valence-electron chi connectivity index (χ2n) is 7.17. The van der Waals surface area contributed by atoms with E-state index < -0.39 is 5.54 Å². The number of methoxy groups -OCH3 is 2. The van der Waals surface area contributed by atoms with Crippen LogP contribution < -0.4 is 9.64 Å². The Bertz CT molecular complexity index is 616. The Morgan fingerprint density at radius 2 is 1.84 bits per heavy atom. The summed E-state index contributed by atoms with van der Waals surface area (Å²) in [7, 11) is 5.43. The van der Waals surface area contributed by atoms with Gasteiger partial charge in [0.1, 0.15) is 11.3 Å². The summed E-state index contributed by atoms with van der Waals surface area (Å²) in [6.07, 6.45) is 0.889. The largest absolute Gasteiger partial charge is 0.495 e. The lowest BCUT2D eigenvalue weighted by Gasteiger charge is -2.41. The molecule has 6 heteroatoms. The zero-order valence-electron chi connectivity index (χ0n) is 15.7. The van der Waals surface area contributed by atoms with Gasteiger partial charge in [-0.05, 0) is 26.1 Å². The van der Waals surface area contributed by atoms with Crippen LogP contribution in [0.5, 0.6) is 5.75 Å². The minimum absolute atomic E-state index is 0.133. The van der Waals surface area contributed by atoms with Gasteiger partial charge in [0.15, 0.2) is 0 Å². The highest BCUT2D eigenvalue weighted by Crippen LogP contribution is 2.32. The van der Waals surface area contributed by atoms with Crippen molar-refractivity contribution in [2.75, 3.05) is 58.9 Å². The van der Waals surface area contributed by atoms with Crippen LogP contribution in [0.1, 0.15) is 13.3 Å². The highest BCUT2D eigenvalue weighted by Gasteiger charge is 2.48. The van der Waals surface area contributed by atoms with Gasteiger partial charge in [0.05, 0.1) is 18.9 Å². The van der Waals surface area contributed by atoms with Crippen molar-refractivity contribution in [1.82, 2.24) is 9.80 Å². The van der Waals surface area contributed by atoms with E-state index in [0.29, 0.717) is 0 Å². The van der Waals surface area contributed by atoms with Gasteiger partial charge in [-0.1, -0.05) is 12.1 Å². The number of piperazine rings is 1. The molecule has 2 heterocycles. The normalized spacial score (nSPS) is 27.6. The summed E-state index contributed by atoms with van der Waals surface area (Å²) in [5, 5.41) is 0. The molecule has 2 aliphatic heterocycles. The number of likely N-dealkylation sites (N-methyl/N-ethyl adjacent to an activating group) is 1. The standard InChI is InChI=1S/C19H29N3O3/c1-19(13-15(24-3)14-20(19)2)18(23)22-11-9-21(10-12-22)16-7-5-6-8-17(16)25-4/h5-8,15H,9-14H2,1-4H3. The average molecular weight is 347 g/mol. The smallest absolute Gasteiger partial charge is 0.243 e. The number of amides is 1. The molecule has 0 radical (unpaired) electrons. The summed E-state index contributed by atoms with van der Waals surface area (Å²) >= 11 is 0. The van der Waals surface area contributed by atoms with Crippen LogP contribution in [0.2, 0.25) is 0 Å². The van der Waals surface area contributed by atoms with E-state index >= 15 is 0 Å². The molecule has 2 atom stereocenters. The minimum atomic E-state index is -0.465. The topological polar surface area (TPSA) is 45.3 Å². The summed E-state index contributed by atoms with van der Waals surface area (Å²) in [6, 6.07) is 8.05. The average Bonchev–Trinajstić information content (AvgIpc) is 2.96. The van der Waals surface area contributed by atoms with Crippen LogP contribution in [0.3, 0.4) is 0 Å². The molecular formula is C19H29N3O3. The molecule has 0 saturated carbocycles. The van der Waals surface area contributed by atoms with E-state index in [1.807, 2.05) is 37.1 Å². The maximum atomic E-state index is 13.1. The molecule has 25 heavy (non-hydrogen) atoms. The predicted molar refractivity (Wildman–Crippen MR) is 98.2 cm³/mol. The molecule has 1 aromatic rings. The number of ether oxygens (including phenoxy) is 2. The van der Waals surface area contributed by atoms with Crippen molar-refractivity contribution in [3.05, 3.63) is 24.3 Å². The Kier molecular flexibility index (Phi) is 5.20. The lowest BCUT2D eigenvalue weighted by molar-refractivity contribution is -0.141. The highest BCUT2D eigenvalue weighted by atomic mass is 16.5. The minimum Gasteiger partial charge on any atom is -0.495 e. The van der Waals surface area contributed by atoms with E-state index in [4.69, 9.17) is 9.47 Å². The molecule has 0 N–H and O–H groups in total. The van der Waals surface area contributed by atoms with Crippen LogP contribution in [0.4, 0.5) is 5.69 Å². The molecule has 1 amide bonds. The van der Waals surface area contributed by atoms with Crippen molar-refractivity contribution >= 4 is 11.6 Å². The third-order valence-electron chi connectivity index (χ3n) is 5.73. The van der Waals surface area contributed by atoms with E-state index in [2.05, 4.69) is 15.9 Å². The second kappa shape index (κ2) is 7.22. The lowest BCUT2D eigenvalue weighted by atomic mass is 9.96. The van der Waals surface area contributed by atoms with Gasteiger partial charge >= 0.3 is 0 Å². The zero-order chi connectivity index (χ0) is 18.0. The fourth-order valence-corrected chi connectivity index (χ4v) is 3.96. The van der Waals surface area contributed by atoms with Gasteiger partial charge in [0, 0.05) is 46.3 Å². The molecule has 0 spiro atoms. The maximum absolute atomic E-state index is 13.1. The quantitative estimate of drug-likeness (QED) is 0.825. The van der Waals surface area contributed by atoms with Gasteiger partial charge in [0.25, 0.3) is 0 Å². The maximum Gasteiger partial charge on any atom is 0.243 e. The molecule has 0 aliphatic carbocycles. The van der Waals surface area contributed by atoms with E-state index in [1.54, 1.807) is 14.2 Å². The van der Waals surface area contributed by atoms with E-state index in [0.717, 1.165) is 50.6 Å². The fourth-order valence-electron chi connectivity index (χ4n) is 3.96. The number of para-hydroxylation sites is 2. The molecule has 0 bridgehead atoms. The van der Waals surface area contributed by atoms with E-state index in [1.165, 1.54) is 0 Å². The van der Waals surface area contributed by atoms with Crippen LogP contribution in [0, 0.1) is 0 Å². The van der Waals surface area contributed by atoms with Crippen LogP contribution in [-0.2, 0) is 9.53 Å². The summed E-state index contributed by atoms with van der Waals surface area (Å²) in [5.74, 6) is 1.10. The number of carbonyl (C=O) groups excluding carboxylic acids is 1. The lowest BCUT2D eigenvalue weighted by Crippen LogP contribution is -2.58. The molecule has 2 aliphatic rings. The van der Waals surface area contributed by atoms with Gasteiger partial charge in [-0.3, -0.25) is 9.69 Å². The van der Waals surface area contributed by atoms with Gasteiger partial charge < -0.3 is 19.3 Å². The number of hydrogen-bond acceptors (Lipinski definition) is 5. The first-order valence-corrected chi connectivity index (χ1v) is 8.91. The number of carbonyl (C=O) groups is 1. The predicted octanol–water partition coefficient (Wildman–Crippen LogP) is 1.45. The number of likely N-dealkylation sites (tertiary alicyclic amines) is 1. The highest BCUT2D eigenvalue weighted by molar-refractivity contribution is 5.86. The Balaban J connectivity index is 1.65. The number of benzene rings is 1. The Morgan fingerprint density at radius 1 is 1.16 bits per heavy atom. The Labute approximate surface area is 150 Å². The van der Waals surface area contributed by atoms with Gasteiger partial charge in [0.2, 0.25) is 5.91 Å². The third kappa shape index (κ3) is 3.33. The molecule has 2 saturated heterocycles. The second-order valence-corrected chi connectivity index (χ2v) is 7.17. The van der Waals surface area contributed by atoms with Gasteiger partial charge in [-0.2, -0.15) is 0 Å². The molecule has 6 nitrogen and oxygen atoms in total. The van der Waals surface area contributed by atoms with Crippen LogP contribution in [0.25, 0.3) is 0 Å². The van der Waals surface area contributed by atoms with Crippen molar-refractivity contribution in [3.8, 4) is 5.75 Å². The first kappa shape index (κ1) is 18.0. The van der Waals surface area contributed by atoms with Crippen LogP contribution in [0.15, 0.2) is 24.3 Å². The number of anilines is 1. The SMILES string of the molecule is COc1ccccc1N1CCN(C(=O)C2(C)CC(OC)CN2C)CC1. The summed E-state index contributed by atoms with van der Waals surface area (Å²) in [6.45, 7) is 5.95. The van der Waals surface area contributed by atoms with Crippen molar-refractivity contribution in [2.24, 2.45) is 0 Å². The molecular weight excluding hydrogens is 318 g/mol. The van der Waals surface area contributed by atoms with E-state index in [9.17, 15) is 4.79 Å². The summed E-state index contributed by atoms with van der Waals surface area (Å²) < 4.78 is 10.9. The molecule has 2 fully saturated rings. The monoisotopic (exact) mass is 347 g/mol. The summed E-state index contributed by atoms with van der Waals surface area (Å²) in [4.78, 5) is 19.6. The van der Waals surface area contributed by atoms with Crippen molar-refractivity contribution < 1.29 is 14.3 Å². The Hall–Kier alpha value is -1.79. The Morgan fingerprint density at radius 3 is 2.44 bits per heavy atom. The molecule has 0 aromatic heterocycles. The number of rotatable bonds is 4. The first-order valence-electron chi connectivity index (χ1n) is 8.91. The molecule has 138 valence electrons. The van der Waals surface area contributed by atoms with Crippen LogP contribution >= 0.6 is 0 Å². The zero-order valence-corrected chi connectivity index (χ0v) is 15.7. The van der Waals surface area contributed by atoms with Crippen molar-refractivity contribution in [1.29, 1.82) is 0 Å². The molecule has 3 rings (SSSR count). The van der Waals surface area contributed by atoms with Crippen LogP contribution in [-0.4, -0.2) is 81.3 Å². The van der Waals surface area contributed by atoms with Gasteiger partial charge in [-0.25, -0.2) is 0 Å². The summed E-state index contributed by atoms with van der Waals surface area (Å²) in [5.41, 5.74) is 0.633. The number of hydrogen-bond donors (Lipinski definition) is 0. The molecule has 2 unspecified atom stereocenters. The third-order valence-corrected chi connectivity index (χ3v) is 5.73. The fraction of sp³-hybridized carbons (Fsp3) is 0.632. The van der Waals surface area contributed by atoms with Crippen molar-refractivity contribution in [2.45, 2.75) is 25.0 Å². The van der Waals surface area contributed by atoms with E-state index in [-0.39, 0.29) is 12.0 Å².